The largest absolute Gasteiger partial charge is 0.396 e. The standard InChI is InChI=1S/C27H33FN6O/c1-19(30-2)27-25(32-18-29)14-21(15-26(27)33-35-13-5-12-34-10-4-11-34)23-8-7-22(28)16-24(23)20-6-3-9-31-17-20/h3,6-9,16-17,21H,2,4-5,10-15,18,29H2,1H3/b27-19+,32-25-,33-26+. The number of nitrogens with zero attached hydrogens (tertiary/aromatic N) is 5. The second-order valence-corrected chi connectivity index (χ2v) is 8.90. The Kier molecular flexibility index (Phi) is 8.50. The molecule has 7 nitrogen and oxygen atoms in total. The van der Waals surface area contributed by atoms with Gasteiger partial charge in [-0.05, 0) is 81.2 Å². The van der Waals surface area contributed by atoms with Crippen molar-refractivity contribution < 1.29 is 9.23 Å². The summed E-state index contributed by atoms with van der Waals surface area (Å²) in [6.07, 6.45) is 6.90. The Labute approximate surface area is 206 Å². The van der Waals surface area contributed by atoms with Crippen molar-refractivity contribution in [3.63, 3.8) is 0 Å². The van der Waals surface area contributed by atoms with Crippen LogP contribution in [0.1, 0.15) is 44.1 Å². The first-order valence-electron chi connectivity index (χ1n) is 12.1. The van der Waals surface area contributed by atoms with Crippen LogP contribution in [-0.2, 0) is 4.84 Å². The smallest absolute Gasteiger partial charge is 0.123 e. The minimum atomic E-state index is -0.286. The quantitative estimate of drug-likeness (QED) is 0.326. The van der Waals surface area contributed by atoms with Crippen LogP contribution < -0.4 is 5.73 Å². The van der Waals surface area contributed by atoms with Gasteiger partial charge in [-0.1, -0.05) is 17.3 Å². The molecule has 2 N–H and O–H groups in total. The lowest BCUT2D eigenvalue weighted by Crippen LogP contribution is -2.38. The van der Waals surface area contributed by atoms with Crippen molar-refractivity contribution in [3.05, 3.63) is 65.4 Å². The SMILES string of the molecule is C=N/C(C)=C1C(=N/CN)\CC(c2ccc(F)cc2-c2cccnc2)CC\1=N/OCCCN1CCC1. The molecule has 1 atom stereocenters. The van der Waals surface area contributed by atoms with E-state index >= 15 is 0 Å². The maximum Gasteiger partial charge on any atom is 0.123 e. The number of nitrogens with two attached hydrogens (primary N) is 1. The van der Waals surface area contributed by atoms with Crippen LogP contribution >= 0.6 is 0 Å². The summed E-state index contributed by atoms with van der Waals surface area (Å²) in [5, 5.41) is 4.55. The number of aromatic nitrogens is 1. The van der Waals surface area contributed by atoms with E-state index in [4.69, 9.17) is 10.6 Å². The first-order valence-corrected chi connectivity index (χ1v) is 12.1. The van der Waals surface area contributed by atoms with Crippen molar-refractivity contribution in [1.29, 1.82) is 0 Å². The van der Waals surface area contributed by atoms with Crippen LogP contribution in [0.2, 0.25) is 0 Å². The highest BCUT2D eigenvalue weighted by Gasteiger charge is 2.32. The van der Waals surface area contributed by atoms with Crippen molar-refractivity contribution >= 4 is 18.1 Å². The van der Waals surface area contributed by atoms with Gasteiger partial charge < -0.3 is 15.5 Å². The molecular formula is C27H33FN6O. The van der Waals surface area contributed by atoms with Gasteiger partial charge in [0.25, 0.3) is 0 Å². The van der Waals surface area contributed by atoms with Gasteiger partial charge in [-0.3, -0.25) is 15.0 Å². The maximum atomic E-state index is 14.3. The van der Waals surface area contributed by atoms with Gasteiger partial charge >= 0.3 is 0 Å². The summed E-state index contributed by atoms with van der Waals surface area (Å²) in [4.78, 5) is 21.2. The first-order chi connectivity index (χ1) is 17.1. The summed E-state index contributed by atoms with van der Waals surface area (Å²) >= 11 is 0. The third-order valence-electron chi connectivity index (χ3n) is 6.60. The zero-order valence-corrected chi connectivity index (χ0v) is 20.3. The molecule has 2 heterocycles. The third-order valence-corrected chi connectivity index (χ3v) is 6.60. The van der Waals surface area contributed by atoms with Gasteiger partial charge in [0, 0.05) is 47.9 Å². The highest BCUT2D eigenvalue weighted by Crippen LogP contribution is 2.39. The number of likely N-dealkylation sites (tertiary alicyclic amines) is 1. The minimum absolute atomic E-state index is 0.0147. The van der Waals surface area contributed by atoms with Crippen LogP contribution in [0.15, 0.2) is 69.1 Å². The van der Waals surface area contributed by atoms with Crippen LogP contribution in [0.3, 0.4) is 0 Å². The van der Waals surface area contributed by atoms with Crippen molar-refractivity contribution in [2.24, 2.45) is 20.9 Å². The summed E-state index contributed by atoms with van der Waals surface area (Å²) in [7, 11) is 0. The predicted octanol–water partition coefficient (Wildman–Crippen LogP) is 4.57. The highest BCUT2D eigenvalue weighted by atomic mass is 19.1. The molecule has 2 aliphatic rings. The average molecular weight is 477 g/mol. The summed E-state index contributed by atoms with van der Waals surface area (Å²) in [6, 6.07) is 8.71. The Morgan fingerprint density at radius 3 is 2.77 bits per heavy atom. The number of oxime groups is 1. The fourth-order valence-corrected chi connectivity index (χ4v) is 4.70. The Morgan fingerprint density at radius 2 is 2.09 bits per heavy atom. The second-order valence-electron chi connectivity index (χ2n) is 8.90. The monoisotopic (exact) mass is 476 g/mol. The summed E-state index contributed by atoms with van der Waals surface area (Å²) < 4.78 is 14.3. The van der Waals surface area contributed by atoms with E-state index in [-0.39, 0.29) is 18.4 Å². The molecule has 1 aliphatic carbocycles. The van der Waals surface area contributed by atoms with E-state index in [0.717, 1.165) is 52.3 Å². The van der Waals surface area contributed by atoms with E-state index in [0.29, 0.717) is 19.4 Å². The molecule has 1 aliphatic heterocycles. The first kappa shape index (κ1) is 24.9. The van der Waals surface area contributed by atoms with E-state index in [1.54, 1.807) is 18.5 Å². The number of benzene rings is 1. The van der Waals surface area contributed by atoms with Crippen molar-refractivity contribution in [1.82, 2.24) is 9.88 Å². The van der Waals surface area contributed by atoms with Crippen LogP contribution in [-0.4, -0.2) is 60.9 Å². The van der Waals surface area contributed by atoms with E-state index in [9.17, 15) is 4.39 Å². The van der Waals surface area contributed by atoms with Crippen molar-refractivity contribution in [2.75, 3.05) is 32.9 Å². The fraction of sp³-hybridized carbons (Fsp3) is 0.407. The number of halogens is 1. The molecule has 1 aromatic carbocycles. The number of rotatable bonds is 9. The lowest BCUT2D eigenvalue weighted by atomic mass is 9.76. The van der Waals surface area contributed by atoms with Crippen molar-refractivity contribution in [3.8, 4) is 11.1 Å². The highest BCUT2D eigenvalue weighted by molar-refractivity contribution is 6.27. The van der Waals surface area contributed by atoms with E-state index in [1.807, 2.05) is 25.1 Å². The molecular weight excluding hydrogens is 443 g/mol. The van der Waals surface area contributed by atoms with Crippen LogP contribution in [0.4, 0.5) is 4.39 Å². The minimum Gasteiger partial charge on any atom is -0.396 e. The fourth-order valence-electron chi connectivity index (χ4n) is 4.70. The topological polar surface area (TPSA) is 88.5 Å². The normalized spacial score (nSPS) is 22.2. The zero-order chi connectivity index (χ0) is 24.6. The summed E-state index contributed by atoms with van der Waals surface area (Å²) in [5.74, 6) is -0.271. The molecule has 184 valence electrons. The molecule has 1 saturated heterocycles. The molecule has 8 heteroatoms. The average Bonchev–Trinajstić information content (AvgIpc) is 2.85. The predicted molar refractivity (Wildman–Crippen MR) is 139 cm³/mol. The Morgan fingerprint density at radius 1 is 1.26 bits per heavy atom. The zero-order valence-electron chi connectivity index (χ0n) is 20.3. The Bertz CT molecular complexity index is 1120. The number of allylic oxidation sites excluding steroid dienone is 2. The molecule has 0 spiro atoms. The van der Waals surface area contributed by atoms with Crippen LogP contribution in [0.5, 0.6) is 0 Å². The van der Waals surface area contributed by atoms with Gasteiger partial charge in [-0.15, -0.1) is 0 Å². The molecule has 1 saturated carbocycles. The maximum absolute atomic E-state index is 14.3. The van der Waals surface area contributed by atoms with Gasteiger partial charge in [-0.25, -0.2) is 4.39 Å². The molecule has 1 unspecified atom stereocenters. The van der Waals surface area contributed by atoms with Crippen LogP contribution in [0.25, 0.3) is 11.1 Å². The lowest BCUT2D eigenvalue weighted by molar-refractivity contribution is 0.113. The van der Waals surface area contributed by atoms with Crippen LogP contribution in [0, 0.1) is 5.82 Å². The number of hydrogen-bond donors (Lipinski definition) is 1. The number of pyridine rings is 1. The van der Waals surface area contributed by atoms with Gasteiger partial charge in [0.2, 0.25) is 0 Å². The molecule has 0 radical (unpaired) electrons. The molecule has 1 aromatic heterocycles. The van der Waals surface area contributed by atoms with Gasteiger partial charge in [0.15, 0.2) is 0 Å². The summed E-state index contributed by atoms with van der Waals surface area (Å²) in [5.41, 5.74) is 11.7. The van der Waals surface area contributed by atoms with Gasteiger partial charge in [0.05, 0.1) is 12.4 Å². The Balaban J connectivity index is 1.65. The molecule has 0 bridgehead atoms. The Hall–Kier alpha value is -3.23. The van der Waals surface area contributed by atoms with Gasteiger partial charge in [0.1, 0.15) is 12.4 Å². The lowest BCUT2D eigenvalue weighted by Gasteiger charge is -2.30. The van der Waals surface area contributed by atoms with Crippen molar-refractivity contribution in [2.45, 2.75) is 38.5 Å². The number of aliphatic imine (C=N–C) groups is 2. The molecule has 2 fully saturated rings. The number of hydrogen-bond acceptors (Lipinski definition) is 7. The molecule has 35 heavy (non-hydrogen) atoms. The molecule has 4 rings (SSSR count). The molecule has 2 aromatic rings. The van der Waals surface area contributed by atoms with Gasteiger partial charge in [-0.2, -0.15) is 0 Å². The third kappa shape index (κ3) is 6.07. The van der Waals surface area contributed by atoms with E-state index in [2.05, 4.69) is 31.7 Å². The second kappa shape index (κ2) is 12.0. The molecule has 0 amide bonds. The summed E-state index contributed by atoms with van der Waals surface area (Å²) in [6.45, 7) is 9.66. The van der Waals surface area contributed by atoms with E-state index in [1.165, 1.54) is 25.6 Å². The van der Waals surface area contributed by atoms with E-state index < -0.39 is 0 Å².